The van der Waals surface area contributed by atoms with Crippen LogP contribution in [0.2, 0.25) is 0 Å². The molecule has 5 nitrogen and oxygen atoms in total. The number of thiophene rings is 1. The van der Waals surface area contributed by atoms with Crippen LogP contribution in [0.5, 0.6) is 5.75 Å². The Hall–Kier alpha value is -3.08. The first-order valence-electron chi connectivity index (χ1n) is 9.53. The maximum Gasteiger partial charge on any atom is 0.143 e. The van der Waals surface area contributed by atoms with E-state index in [1.54, 1.807) is 11.3 Å². The van der Waals surface area contributed by atoms with Gasteiger partial charge in [-0.1, -0.05) is 12.1 Å². The minimum Gasteiger partial charge on any atom is -0.494 e. The van der Waals surface area contributed by atoms with Gasteiger partial charge in [-0.15, -0.1) is 11.3 Å². The number of hydrogen-bond donors (Lipinski definition) is 1. The van der Waals surface area contributed by atoms with Gasteiger partial charge in [-0.3, -0.25) is 0 Å². The van der Waals surface area contributed by atoms with Crippen LogP contribution in [0.15, 0.2) is 53.4 Å². The Balaban J connectivity index is 1.79. The number of rotatable bonds is 6. The molecule has 0 saturated heterocycles. The molecule has 0 spiro atoms. The smallest absolute Gasteiger partial charge is 0.143 e. The summed E-state index contributed by atoms with van der Waals surface area (Å²) in [7, 11) is 0. The van der Waals surface area contributed by atoms with E-state index in [1.807, 2.05) is 50.2 Å². The molecule has 0 radical (unpaired) electrons. The number of aryl methyl sites for hydroxylation is 2. The molecule has 7 heteroatoms. The van der Waals surface area contributed by atoms with Gasteiger partial charge < -0.3 is 10.1 Å². The van der Waals surface area contributed by atoms with Gasteiger partial charge in [0.1, 0.15) is 27.6 Å². The Morgan fingerprint density at radius 1 is 1.07 bits per heavy atom. The Kier molecular flexibility index (Phi) is 5.88. The van der Waals surface area contributed by atoms with Crippen molar-refractivity contribution in [3.05, 3.63) is 59.2 Å². The van der Waals surface area contributed by atoms with Gasteiger partial charge in [0.25, 0.3) is 0 Å². The minimum absolute atomic E-state index is 0.645. The fourth-order valence-electron chi connectivity index (χ4n) is 3.34. The van der Waals surface area contributed by atoms with E-state index in [2.05, 4.69) is 34.8 Å². The summed E-state index contributed by atoms with van der Waals surface area (Å²) in [5.74, 6) is 2.37. The number of thiocyanates is 1. The summed E-state index contributed by atoms with van der Waals surface area (Å²) in [4.78, 5) is 12.4. The van der Waals surface area contributed by atoms with Crippen molar-refractivity contribution in [1.29, 1.82) is 5.26 Å². The number of anilines is 2. The summed E-state index contributed by atoms with van der Waals surface area (Å²) >= 11 is 2.82. The number of benzene rings is 2. The molecule has 30 heavy (non-hydrogen) atoms. The summed E-state index contributed by atoms with van der Waals surface area (Å²) in [6.45, 7) is 6.65. The molecule has 0 unspecified atom stereocenters. The van der Waals surface area contributed by atoms with Gasteiger partial charge in [-0.2, -0.15) is 5.26 Å². The highest BCUT2D eigenvalue weighted by molar-refractivity contribution is 8.03. The monoisotopic (exact) mass is 432 g/mol. The Labute approximate surface area is 183 Å². The first kappa shape index (κ1) is 20.2. The largest absolute Gasteiger partial charge is 0.494 e. The van der Waals surface area contributed by atoms with Crippen molar-refractivity contribution >= 4 is 44.8 Å². The normalized spacial score (nSPS) is 10.7. The standard InChI is InChI=1S/C23H20N4OS2/c1-4-28-18-9-5-16(6-10-18)20-14(2)30-23-21(20)22(25-15(3)26-23)27-17-7-11-19(12-8-17)29-13-24/h5-12H,4H2,1-3H3,(H,25,26,27). The zero-order valence-corrected chi connectivity index (χ0v) is 18.5. The second-order valence-corrected chi connectivity index (χ2v) is 8.69. The Morgan fingerprint density at radius 3 is 2.47 bits per heavy atom. The summed E-state index contributed by atoms with van der Waals surface area (Å²) in [6.07, 6.45) is 0. The number of hydrogen-bond acceptors (Lipinski definition) is 7. The number of thioether (sulfide) groups is 1. The van der Waals surface area contributed by atoms with Crippen molar-refractivity contribution in [2.24, 2.45) is 0 Å². The van der Waals surface area contributed by atoms with Crippen molar-refractivity contribution < 1.29 is 4.74 Å². The van der Waals surface area contributed by atoms with Crippen LogP contribution in [0.1, 0.15) is 17.6 Å². The lowest BCUT2D eigenvalue weighted by molar-refractivity contribution is 0.340. The van der Waals surface area contributed by atoms with E-state index in [0.29, 0.717) is 6.61 Å². The van der Waals surface area contributed by atoms with Crippen molar-refractivity contribution in [3.63, 3.8) is 0 Å². The molecule has 150 valence electrons. The minimum atomic E-state index is 0.645. The molecule has 0 saturated carbocycles. The van der Waals surface area contributed by atoms with E-state index in [0.717, 1.165) is 61.1 Å². The highest BCUT2D eigenvalue weighted by atomic mass is 32.2. The molecule has 4 rings (SSSR count). The fourth-order valence-corrected chi connectivity index (χ4v) is 4.80. The third kappa shape index (κ3) is 4.11. The number of nitrogens with zero attached hydrogens (tertiary/aromatic N) is 3. The molecule has 0 aliphatic heterocycles. The average Bonchev–Trinajstić information content (AvgIpc) is 3.06. The predicted octanol–water partition coefficient (Wildman–Crippen LogP) is 6.69. The van der Waals surface area contributed by atoms with Gasteiger partial charge in [0, 0.05) is 21.0 Å². The summed E-state index contributed by atoms with van der Waals surface area (Å²) < 4.78 is 5.59. The molecule has 2 heterocycles. The topological polar surface area (TPSA) is 70.8 Å². The van der Waals surface area contributed by atoms with Crippen LogP contribution in [0.3, 0.4) is 0 Å². The van der Waals surface area contributed by atoms with Crippen LogP contribution in [0.4, 0.5) is 11.5 Å². The number of aromatic nitrogens is 2. The zero-order chi connectivity index (χ0) is 21.1. The van der Waals surface area contributed by atoms with E-state index in [-0.39, 0.29) is 0 Å². The Bertz CT molecular complexity index is 1230. The van der Waals surface area contributed by atoms with Crippen molar-refractivity contribution in [2.75, 3.05) is 11.9 Å². The lowest BCUT2D eigenvalue weighted by Gasteiger charge is -2.11. The molecule has 0 atom stereocenters. The van der Waals surface area contributed by atoms with Crippen LogP contribution in [-0.2, 0) is 0 Å². The van der Waals surface area contributed by atoms with Crippen LogP contribution in [-0.4, -0.2) is 16.6 Å². The summed E-state index contributed by atoms with van der Waals surface area (Å²) in [5, 5.41) is 15.4. The van der Waals surface area contributed by atoms with Crippen molar-refractivity contribution in [3.8, 4) is 22.3 Å². The molecule has 1 N–H and O–H groups in total. The predicted molar refractivity (Wildman–Crippen MR) is 125 cm³/mol. The first-order chi connectivity index (χ1) is 14.6. The van der Waals surface area contributed by atoms with Gasteiger partial charge in [0.2, 0.25) is 0 Å². The SMILES string of the molecule is CCOc1ccc(-c2c(C)sc3nc(C)nc(Nc4ccc(SC#N)cc4)c23)cc1. The average molecular weight is 433 g/mol. The first-order valence-corrected chi connectivity index (χ1v) is 11.2. The molecular formula is C23H20N4OS2. The second-order valence-electron chi connectivity index (χ2n) is 6.63. The maximum absolute atomic E-state index is 8.83. The van der Waals surface area contributed by atoms with Gasteiger partial charge in [-0.05, 0) is 74.5 Å². The number of nitrogens with one attached hydrogen (secondary N) is 1. The lowest BCUT2D eigenvalue weighted by atomic mass is 10.0. The summed E-state index contributed by atoms with van der Waals surface area (Å²) in [5.41, 5.74) is 3.16. The molecule has 2 aromatic heterocycles. The van der Waals surface area contributed by atoms with Crippen LogP contribution >= 0.6 is 23.1 Å². The summed E-state index contributed by atoms with van der Waals surface area (Å²) in [6, 6.07) is 15.9. The fraction of sp³-hybridized carbons (Fsp3) is 0.174. The number of fused-ring (bicyclic) bond motifs is 1. The quantitative estimate of drug-likeness (QED) is 0.270. The molecule has 2 aromatic carbocycles. The molecule has 4 aromatic rings. The highest BCUT2D eigenvalue weighted by Crippen LogP contribution is 2.41. The highest BCUT2D eigenvalue weighted by Gasteiger charge is 2.18. The lowest BCUT2D eigenvalue weighted by Crippen LogP contribution is -1.98. The Morgan fingerprint density at radius 2 is 1.80 bits per heavy atom. The molecule has 0 bridgehead atoms. The van der Waals surface area contributed by atoms with Crippen LogP contribution < -0.4 is 10.1 Å². The molecule has 0 amide bonds. The number of nitriles is 1. The van der Waals surface area contributed by atoms with E-state index in [1.165, 1.54) is 4.88 Å². The van der Waals surface area contributed by atoms with Crippen molar-refractivity contribution in [1.82, 2.24) is 9.97 Å². The van der Waals surface area contributed by atoms with E-state index >= 15 is 0 Å². The molecule has 0 aliphatic rings. The van der Waals surface area contributed by atoms with E-state index < -0.39 is 0 Å². The van der Waals surface area contributed by atoms with Gasteiger partial charge in [-0.25, -0.2) is 9.97 Å². The van der Waals surface area contributed by atoms with Gasteiger partial charge in [0.05, 0.1) is 12.0 Å². The molecule has 0 fully saturated rings. The number of ether oxygens (including phenoxy) is 1. The van der Waals surface area contributed by atoms with Gasteiger partial charge in [0.15, 0.2) is 0 Å². The van der Waals surface area contributed by atoms with E-state index in [4.69, 9.17) is 15.0 Å². The third-order valence-electron chi connectivity index (χ3n) is 4.57. The maximum atomic E-state index is 8.83. The second kappa shape index (κ2) is 8.74. The zero-order valence-electron chi connectivity index (χ0n) is 16.9. The van der Waals surface area contributed by atoms with Gasteiger partial charge >= 0.3 is 0 Å². The third-order valence-corrected chi connectivity index (χ3v) is 6.17. The molecular weight excluding hydrogens is 412 g/mol. The van der Waals surface area contributed by atoms with Crippen LogP contribution in [0, 0.1) is 24.5 Å². The van der Waals surface area contributed by atoms with Crippen LogP contribution in [0.25, 0.3) is 21.3 Å². The van der Waals surface area contributed by atoms with Crippen molar-refractivity contribution in [2.45, 2.75) is 25.7 Å². The molecule has 0 aliphatic carbocycles. The van der Waals surface area contributed by atoms with E-state index in [9.17, 15) is 0 Å².